The average molecular weight is 171 g/mol. The highest BCUT2D eigenvalue weighted by molar-refractivity contribution is 4.99. The number of hydrogen-bond donors (Lipinski definition) is 1. The summed E-state index contributed by atoms with van der Waals surface area (Å²) in [5, 5.41) is 3.61. The van der Waals surface area contributed by atoms with Crippen LogP contribution in [-0.4, -0.2) is 24.3 Å². The minimum absolute atomic E-state index is 0.108. The molecule has 72 valence electrons. The molecule has 1 fully saturated rings. The van der Waals surface area contributed by atoms with Crippen molar-refractivity contribution >= 4 is 0 Å². The van der Waals surface area contributed by atoms with Gasteiger partial charge < -0.3 is 10.1 Å². The molecule has 1 N–H and O–H groups in total. The maximum atomic E-state index is 5.44. The van der Waals surface area contributed by atoms with Crippen molar-refractivity contribution < 1.29 is 4.74 Å². The number of piperidine rings is 1. The fraction of sp³-hybridized carbons (Fsp3) is 1.00. The zero-order valence-corrected chi connectivity index (χ0v) is 8.90. The molecule has 1 unspecified atom stereocenters. The van der Waals surface area contributed by atoms with E-state index in [9.17, 15) is 0 Å². The molecule has 1 rings (SSSR count). The molecule has 1 aliphatic heterocycles. The third kappa shape index (κ3) is 1.99. The van der Waals surface area contributed by atoms with Gasteiger partial charge in [-0.05, 0) is 40.5 Å². The molecule has 0 bridgehead atoms. The third-order valence-corrected chi connectivity index (χ3v) is 2.78. The van der Waals surface area contributed by atoms with Gasteiger partial charge in [0.15, 0.2) is 0 Å². The molecule has 12 heavy (non-hydrogen) atoms. The highest BCUT2D eigenvalue weighted by atomic mass is 16.5. The van der Waals surface area contributed by atoms with Crippen LogP contribution in [0.25, 0.3) is 0 Å². The maximum absolute atomic E-state index is 5.44. The Labute approximate surface area is 75.7 Å². The minimum Gasteiger partial charge on any atom is -0.380 e. The van der Waals surface area contributed by atoms with Crippen molar-refractivity contribution in [2.24, 2.45) is 0 Å². The molecule has 1 saturated heterocycles. The Hall–Kier alpha value is -0.0800. The summed E-state index contributed by atoms with van der Waals surface area (Å²) in [6.45, 7) is 8.92. The first-order valence-electron chi connectivity index (χ1n) is 4.69. The van der Waals surface area contributed by atoms with Gasteiger partial charge in [-0.25, -0.2) is 0 Å². The maximum Gasteiger partial charge on any atom is 0.0748 e. The van der Waals surface area contributed by atoms with Crippen LogP contribution in [0.4, 0.5) is 0 Å². The quantitative estimate of drug-likeness (QED) is 0.651. The highest BCUT2D eigenvalue weighted by Crippen LogP contribution is 2.29. The summed E-state index contributed by atoms with van der Waals surface area (Å²) in [4.78, 5) is 0. The number of methoxy groups -OCH3 is 1. The molecule has 2 heteroatoms. The predicted octanol–water partition coefficient (Wildman–Crippen LogP) is 1.94. The lowest BCUT2D eigenvalue weighted by atomic mass is 9.80. The molecule has 0 amide bonds. The zero-order chi connectivity index (χ0) is 9.41. The molecule has 0 spiro atoms. The lowest BCUT2D eigenvalue weighted by Crippen LogP contribution is -2.62. The van der Waals surface area contributed by atoms with E-state index in [0.29, 0.717) is 6.10 Å². The van der Waals surface area contributed by atoms with Crippen molar-refractivity contribution in [3.8, 4) is 0 Å². The van der Waals surface area contributed by atoms with Gasteiger partial charge in [-0.3, -0.25) is 0 Å². The van der Waals surface area contributed by atoms with Crippen LogP contribution in [0.3, 0.4) is 0 Å². The van der Waals surface area contributed by atoms with Crippen molar-refractivity contribution in [2.45, 2.75) is 57.7 Å². The number of nitrogens with one attached hydrogen (secondary N) is 1. The smallest absolute Gasteiger partial charge is 0.0748 e. The lowest BCUT2D eigenvalue weighted by molar-refractivity contribution is -0.0183. The van der Waals surface area contributed by atoms with Gasteiger partial charge in [0.05, 0.1) is 6.10 Å². The molecule has 0 aromatic carbocycles. The molecule has 0 radical (unpaired) electrons. The molecule has 0 aromatic heterocycles. The number of hydrogen-bond acceptors (Lipinski definition) is 2. The van der Waals surface area contributed by atoms with E-state index in [4.69, 9.17) is 4.74 Å². The Bertz CT molecular complexity index is 163. The molecule has 0 aromatic rings. The van der Waals surface area contributed by atoms with E-state index in [1.807, 2.05) is 0 Å². The SMILES string of the molecule is COC1CCC(C)(C)NC1(C)C. The van der Waals surface area contributed by atoms with E-state index in [2.05, 4.69) is 33.0 Å². The first-order chi connectivity index (χ1) is 5.37. The van der Waals surface area contributed by atoms with Crippen LogP contribution in [0.5, 0.6) is 0 Å². The second-order valence-corrected chi connectivity index (χ2v) is 4.99. The van der Waals surface area contributed by atoms with Crippen LogP contribution < -0.4 is 5.32 Å². The van der Waals surface area contributed by atoms with Gasteiger partial charge in [0.2, 0.25) is 0 Å². The van der Waals surface area contributed by atoms with Crippen molar-refractivity contribution in [3.05, 3.63) is 0 Å². The largest absolute Gasteiger partial charge is 0.380 e. The first kappa shape index (κ1) is 10.0. The summed E-state index contributed by atoms with van der Waals surface area (Å²) in [6.07, 6.45) is 2.70. The van der Waals surface area contributed by atoms with E-state index in [0.717, 1.165) is 6.42 Å². The molecule has 1 aliphatic rings. The molecule has 2 nitrogen and oxygen atoms in total. The van der Waals surface area contributed by atoms with E-state index in [-0.39, 0.29) is 11.1 Å². The molecular formula is C10H21NO. The molecule has 0 aliphatic carbocycles. The highest BCUT2D eigenvalue weighted by Gasteiger charge is 2.39. The Morgan fingerprint density at radius 1 is 1.25 bits per heavy atom. The summed E-state index contributed by atoms with van der Waals surface area (Å²) in [6, 6.07) is 0. The fourth-order valence-corrected chi connectivity index (χ4v) is 2.28. The van der Waals surface area contributed by atoms with Crippen molar-refractivity contribution in [2.75, 3.05) is 7.11 Å². The van der Waals surface area contributed by atoms with Gasteiger partial charge >= 0.3 is 0 Å². The zero-order valence-electron chi connectivity index (χ0n) is 8.90. The summed E-state index contributed by atoms with van der Waals surface area (Å²) in [5.74, 6) is 0. The van der Waals surface area contributed by atoms with Crippen LogP contribution in [0, 0.1) is 0 Å². The topological polar surface area (TPSA) is 21.3 Å². The summed E-state index contributed by atoms with van der Waals surface area (Å²) in [5.41, 5.74) is 0.370. The Morgan fingerprint density at radius 2 is 1.83 bits per heavy atom. The molecule has 1 heterocycles. The third-order valence-electron chi connectivity index (χ3n) is 2.78. The normalized spacial score (nSPS) is 33.2. The second kappa shape index (κ2) is 3.00. The van der Waals surface area contributed by atoms with Gasteiger partial charge in [0.1, 0.15) is 0 Å². The van der Waals surface area contributed by atoms with Crippen molar-refractivity contribution in [3.63, 3.8) is 0 Å². The van der Waals surface area contributed by atoms with Crippen LogP contribution in [0.1, 0.15) is 40.5 Å². The monoisotopic (exact) mass is 171 g/mol. The summed E-state index contributed by atoms with van der Waals surface area (Å²) in [7, 11) is 1.80. The van der Waals surface area contributed by atoms with Crippen LogP contribution in [-0.2, 0) is 4.74 Å². The predicted molar refractivity (Wildman–Crippen MR) is 51.3 cm³/mol. The van der Waals surface area contributed by atoms with Gasteiger partial charge in [-0.1, -0.05) is 0 Å². The molecule has 0 saturated carbocycles. The van der Waals surface area contributed by atoms with E-state index < -0.39 is 0 Å². The van der Waals surface area contributed by atoms with Crippen molar-refractivity contribution in [1.29, 1.82) is 0 Å². The minimum atomic E-state index is 0.108. The standard InChI is InChI=1S/C10H21NO/c1-9(2)7-6-8(12-5)10(3,4)11-9/h8,11H,6-7H2,1-5H3. The first-order valence-corrected chi connectivity index (χ1v) is 4.69. The number of ether oxygens (including phenoxy) is 1. The number of rotatable bonds is 1. The lowest BCUT2D eigenvalue weighted by Gasteiger charge is -2.47. The molecule has 1 atom stereocenters. The van der Waals surface area contributed by atoms with Gasteiger partial charge in [0.25, 0.3) is 0 Å². The van der Waals surface area contributed by atoms with Gasteiger partial charge in [-0.2, -0.15) is 0 Å². The fourth-order valence-electron chi connectivity index (χ4n) is 2.28. The van der Waals surface area contributed by atoms with E-state index >= 15 is 0 Å². The van der Waals surface area contributed by atoms with Crippen LogP contribution in [0.2, 0.25) is 0 Å². The summed E-state index contributed by atoms with van der Waals surface area (Å²) < 4.78 is 5.44. The van der Waals surface area contributed by atoms with Crippen LogP contribution in [0.15, 0.2) is 0 Å². The van der Waals surface area contributed by atoms with Crippen molar-refractivity contribution in [1.82, 2.24) is 5.32 Å². The molecular weight excluding hydrogens is 150 g/mol. The average Bonchev–Trinajstić information content (AvgIpc) is 1.83. The Morgan fingerprint density at radius 3 is 2.25 bits per heavy atom. The Kier molecular flexibility index (Phi) is 2.50. The second-order valence-electron chi connectivity index (χ2n) is 4.99. The Balaban J connectivity index is 2.67. The van der Waals surface area contributed by atoms with Gasteiger partial charge in [-0.15, -0.1) is 0 Å². The van der Waals surface area contributed by atoms with Gasteiger partial charge in [0, 0.05) is 18.2 Å². The van der Waals surface area contributed by atoms with Crippen LogP contribution >= 0.6 is 0 Å². The van der Waals surface area contributed by atoms with E-state index in [1.165, 1.54) is 6.42 Å². The van der Waals surface area contributed by atoms with E-state index in [1.54, 1.807) is 7.11 Å². The summed E-state index contributed by atoms with van der Waals surface area (Å²) >= 11 is 0.